The molecule has 0 unspecified atom stereocenters. The Balaban J connectivity index is 1.52. The summed E-state index contributed by atoms with van der Waals surface area (Å²) in [5.41, 5.74) is 6.74. The van der Waals surface area contributed by atoms with Gasteiger partial charge >= 0.3 is 6.03 Å². The van der Waals surface area contributed by atoms with E-state index < -0.39 is 11.6 Å². The predicted molar refractivity (Wildman–Crippen MR) is 104 cm³/mol. The molecule has 1 aromatic carbocycles. The van der Waals surface area contributed by atoms with E-state index in [1.54, 1.807) is 17.0 Å². The summed E-state index contributed by atoms with van der Waals surface area (Å²) in [6.07, 6.45) is 4.98. The zero-order valence-corrected chi connectivity index (χ0v) is 16.5. The Labute approximate surface area is 165 Å². The fraction of sp³-hybridized carbons (Fsp3) is 0.667. The van der Waals surface area contributed by atoms with Crippen LogP contribution in [0.15, 0.2) is 18.2 Å². The van der Waals surface area contributed by atoms with Gasteiger partial charge in [-0.25, -0.2) is 13.6 Å². The first kappa shape index (κ1) is 21.0. The van der Waals surface area contributed by atoms with Gasteiger partial charge < -0.3 is 20.7 Å². The number of likely N-dealkylation sites (tertiary alicyclic amines) is 1. The van der Waals surface area contributed by atoms with Gasteiger partial charge in [-0.05, 0) is 63.0 Å². The number of urea groups is 1. The summed E-state index contributed by atoms with van der Waals surface area (Å²) in [7, 11) is 0. The monoisotopic (exact) mass is 395 g/mol. The van der Waals surface area contributed by atoms with Crippen LogP contribution in [0.25, 0.3) is 0 Å². The second-order valence-corrected chi connectivity index (χ2v) is 7.85. The Kier molecular flexibility index (Phi) is 7.24. The molecule has 1 heterocycles. The number of piperidine rings is 1. The number of carbonyl (C=O) groups is 1. The molecule has 0 bridgehead atoms. The van der Waals surface area contributed by atoms with Gasteiger partial charge in [0.25, 0.3) is 0 Å². The lowest BCUT2D eigenvalue weighted by Gasteiger charge is -2.40. The summed E-state index contributed by atoms with van der Waals surface area (Å²) < 4.78 is 33.6. The van der Waals surface area contributed by atoms with Crippen LogP contribution >= 0.6 is 0 Å². The molecule has 2 amide bonds. The van der Waals surface area contributed by atoms with Gasteiger partial charge in [-0.15, -0.1) is 0 Å². The number of benzene rings is 1. The molecule has 1 saturated heterocycles. The van der Waals surface area contributed by atoms with Crippen LogP contribution in [0.3, 0.4) is 0 Å². The lowest BCUT2D eigenvalue weighted by Crippen LogP contribution is -2.58. The van der Waals surface area contributed by atoms with E-state index in [-0.39, 0.29) is 30.1 Å². The van der Waals surface area contributed by atoms with Crippen molar-refractivity contribution < 1.29 is 18.3 Å². The average molecular weight is 395 g/mol. The quantitative estimate of drug-likeness (QED) is 0.802. The van der Waals surface area contributed by atoms with Crippen molar-refractivity contribution in [3.8, 4) is 0 Å². The number of halogens is 2. The standard InChI is InChI=1S/C21H31F2N3O2/c1-2-25-21(27)26-12-4-7-18(24)19(26)13-28-15-10-8-14(9-11-15)16-5-3-6-17(22)20(16)23/h3,5-6,14-15,18-19H,2,4,7-13,24H2,1H3,(H,25,27)/t14?,15?,18-,19-/m0/s1. The van der Waals surface area contributed by atoms with Crippen molar-refractivity contribution in [2.75, 3.05) is 19.7 Å². The van der Waals surface area contributed by atoms with Gasteiger partial charge in [0.15, 0.2) is 11.6 Å². The number of rotatable bonds is 5. The van der Waals surface area contributed by atoms with E-state index in [1.807, 2.05) is 6.92 Å². The first-order valence-electron chi connectivity index (χ1n) is 10.4. The first-order valence-corrected chi connectivity index (χ1v) is 10.4. The maximum atomic E-state index is 14.0. The van der Waals surface area contributed by atoms with Crippen molar-refractivity contribution in [3.63, 3.8) is 0 Å². The number of nitrogens with zero attached hydrogens (tertiary/aromatic N) is 1. The number of nitrogens with one attached hydrogen (secondary N) is 1. The molecule has 5 nitrogen and oxygen atoms in total. The van der Waals surface area contributed by atoms with Crippen LogP contribution in [0.4, 0.5) is 13.6 Å². The van der Waals surface area contributed by atoms with Crippen molar-refractivity contribution in [2.45, 2.75) is 69.6 Å². The van der Waals surface area contributed by atoms with E-state index >= 15 is 0 Å². The van der Waals surface area contributed by atoms with E-state index in [0.29, 0.717) is 25.3 Å². The molecule has 156 valence electrons. The largest absolute Gasteiger partial charge is 0.376 e. The van der Waals surface area contributed by atoms with Crippen molar-refractivity contribution >= 4 is 6.03 Å². The minimum Gasteiger partial charge on any atom is -0.376 e. The van der Waals surface area contributed by atoms with Gasteiger partial charge in [-0.3, -0.25) is 0 Å². The Morgan fingerprint density at radius 1 is 1.25 bits per heavy atom. The Bertz CT molecular complexity index is 665. The molecule has 3 N–H and O–H groups in total. The van der Waals surface area contributed by atoms with Crippen LogP contribution in [0.2, 0.25) is 0 Å². The lowest BCUT2D eigenvalue weighted by molar-refractivity contribution is -0.0160. The van der Waals surface area contributed by atoms with E-state index in [2.05, 4.69) is 5.32 Å². The second-order valence-electron chi connectivity index (χ2n) is 7.85. The molecule has 7 heteroatoms. The van der Waals surface area contributed by atoms with Crippen molar-refractivity contribution in [2.24, 2.45) is 5.73 Å². The van der Waals surface area contributed by atoms with Gasteiger partial charge in [0.1, 0.15) is 0 Å². The van der Waals surface area contributed by atoms with Gasteiger partial charge in [0.05, 0.1) is 18.8 Å². The van der Waals surface area contributed by atoms with E-state index in [9.17, 15) is 13.6 Å². The molecular weight excluding hydrogens is 364 g/mol. The molecule has 2 fully saturated rings. The minimum absolute atomic E-state index is 0.0271. The summed E-state index contributed by atoms with van der Waals surface area (Å²) in [4.78, 5) is 14.1. The lowest BCUT2D eigenvalue weighted by atomic mass is 9.82. The van der Waals surface area contributed by atoms with Crippen molar-refractivity contribution in [3.05, 3.63) is 35.4 Å². The fourth-order valence-electron chi connectivity index (χ4n) is 4.42. The average Bonchev–Trinajstić information content (AvgIpc) is 2.70. The number of amides is 2. The highest BCUT2D eigenvalue weighted by atomic mass is 19.2. The SMILES string of the molecule is CCNC(=O)N1CCC[C@H](N)[C@@H]1COC1CCC(c2cccc(F)c2F)CC1. The number of ether oxygens (including phenoxy) is 1. The molecule has 28 heavy (non-hydrogen) atoms. The van der Waals surface area contributed by atoms with Crippen molar-refractivity contribution in [1.29, 1.82) is 0 Å². The molecule has 2 atom stereocenters. The fourth-order valence-corrected chi connectivity index (χ4v) is 4.42. The zero-order chi connectivity index (χ0) is 20.1. The number of nitrogens with two attached hydrogens (primary N) is 1. The Morgan fingerprint density at radius 3 is 2.71 bits per heavy atom. The van der Waals surface area contributed by atoms with Gasteiger partial charge in [0.2, 0.25) is 0 Å². The van der Waals surface area contributed by atoms with Crippen LogP contribution in [0, 0.1) is 11.6 Å². The molecule has 1 aliphatic carbocycles. The highest BCUT2D eigenvalue weighted by Crippen LogP contribution is 2.36. The van der Waals surface area contributed by atoms with Crippen LogP contribution < -0.4 is 11.1 Å². The van der Waals surface area contributed by atoms with Gasteiger partial charge in [-0.1, -0.05) is 12.1 Å². The van der Waals surface area contributed by atoms with E-state index in [0.717, 1.165) is 44.6 Å². The highest BCUT2D eigenvalue weighted by Gasteiger charge is 2.34. The van der Waals surface area contributed by atoms with E-state index in [4.69, 9.17) is 10.5 Å². The van der Waals surface area contributed by atoms with Crippen LogP contribution in [0.1, 0.15) is 56.9 Å². The molecular formula is C21H31F2N3O2. The molecule has 0 aromatic heterocycles. The zero-order valence-electron chi connectivity index (χ0n) is 16.5. The Morgan fingerprint density at radius 2 is 2.00 bits per heavy atom. The van der Waals surface area contributed by atoms with Crippen LogP contribution in [0.5, 0.6) is 0 Å². The molecule has 1 saturated carbocycles. The maximum absolute atomic E-state index is 14.0. The minimum atomic E-state index is -0.785. The summed E-state index contributed by atoms with van der Waals surface area (Å²) in [6, 6.07) is 4.09. The molecule has 2 aliphatic rings. The van der Waals surface area contributed by atoms with Crippen LogP contribution in [-0.4, -0.2) is 48.8 Å². The van der Waals surface area contributed by atoms with Gasteiger partial charge in [0, 0.05) is 19.1 Å². The topological polar surface area (TPSA) is 67.6 Å². The molecule has 0 radical (unpaired) electrons. The highest BCUT2D eigenvalue weighted by molar-refractivity contribution is 5.74. The summed E-state index contributed by atoms with van der Waals surface area (Å²) in [5.74, 6) is -1.48. The third-order valence-corrected chi connectivity index (χ3v) is 6.02. The first-order chi connectivity index (χ1) is 13.5. The number of hydrogen-bond acceptors (Lipinski definition) is 3. The maximum Gasteiger partial charge on any atom is 0.317 e. The third kappa shape index (κ3) is 4.81. The summed E-state index contributed by atoms with van der Waals surface area (Å²) >= 11 is 0. The number of hydrogen-bond donors (Lipinski definition) is 2. The normalized spacial score (nSPS) is 28.2. The number of carbonyl (C=O) groups excluding carboxylic acids is 1. The Hall–Kier alpha value is -1.73. The summed E-state index contributed by atoms with van der Waals surface area (Å²) in [5, 5.41) is 2.85. The summed E-state index contributed by atoms with van der Waals surface area (Å²) in [6.45, 7) is 3.59. The molecule has 1 aromatic rings. The van der Waals surface area contributed by atoms with E-state index in [1.165, 1.54) is 0 Å². The smallest absolute Gasteiger partial charge is 0.317 e. The molecule has 0 spiro atoms. The van der Waals surface area contributed by atoms with Gasteiger partial charge in [-0.2, -0.15) is 0 Å². The van der Waals surface area contributed by atoms with Crippen LogP contribution in [-0.2, 0) is 4.74 Å². The van der Waals surface area contributed by atoms with Crippen molar-refractivity contribution in [1.82, 2.24) is 10.2 Å². The molecule has 1 aliphatic heterocycles. The molecule has 3 rings (SSSR count). The third-order valence-electron chi connectivity index (χ3n) is 6.02. The predicted octanol–water partition coefficient (Wildman–Crippen LogP) is 3.53. The second kappa shape index (κ2) is 9.65.